The highest BCUT2D eigenvalue weighted by Gasteiger charge is 2.33. The molecule has 0 bridgehead atoms. The lowest BCUT2D eigenvalue weighted by Crippen LogP contribution is -2.57. The first-order valence-electron chi connectivity index (χ1n) is 7.80. The molecule has 0 unspecified atom stereocenters. The quantitative estimate of drug-likeness (QED) is 0.389. The average Bonchev–Trinajstić information content (AvgIpc) is 2.46. The van der Waals surface area contributed by atoms with Gasteiger partial charge in [0.05, 0.1) is 26.4 Å². The van der Waals surface area contributed by atoms with E-state index in [1.807, 2.05) is 7.05 Å². The summed E-state index contributed by atoms with van der Waals surface area (Å²) in [7, 11) is 1.82. The van der Waals surface area contributed by atoms with Gasteiger partial charge < -0.3 is 20.1 Å². The Morgan fingerprint density at radius 1 is 1.18 bits per heavy atom. The molecule has 0 amide bonds. The molecule has 0 aromatic rings. The molecule has 6 nitrogen and oxygen atoms in total. The highest BCUT2D eigenvalue weighted by Crippen LogP contribution is 2.25. The van der Waals surface area contributed by atoms with Gasteiger partial charge in [-0.15, -0.1) is 24.0 Å². The number of morpholine rings is 1. The number of ether oxygens (including phenoxy) is 2. The summed E-state index contributed by atoms with van der Waals surface area (Å²) in [5.41, 5.74) is 0.336. The van der Waals surface area contributed by atoms with Gasteiger partial charge in [-0.2, -0.15) is 0 Å². The molecule has 2 N–H and O–H groups in total. The number of halogens is 1. The van der Waals surface area contributed by atoms with Crippen LogP contribution in [0.3, 0.4) is 0 Å². The van der Waals surface area contributed by atoms with Crippen molar-refractivity contribution >= 4 is 29.9 Å². The largest absolute Gasteiger partial charge is 0.380 e. The van der Waals surface area contributed by atoms with Gasteiger partial charge in [-0.3, -0.25) is 9.89 Å². The highest BCUT2D eigenvalue weighted by atomic mass is 127. The Labute approximate surface area is 151 Å². The van der Waals surface area contributed by atoms with Crippen LogP contribution in [0.5, 0.6) is 0 Å². The van der Waals surface area contributed by atoms with Gasteiger partial charge in [-0.1, -0.05) is 6.92 Å². The van der Waals surface area contributed by atoms with Crippen molar-refractivity contribution in [3.05, 3.63) is 0 Å². The lowest BCUT2D eigenvalue weighted by Gasteiger charge is -2.41. The third-order valence-electron chi connectivity index (χ3n) is 4.36. The fraction of sp³-hybridized carbons (Fsp3) is 0.933. The second kappa shape index (κ2) is 8.65. The van der Waals surface area contributed by atoms with E-state index in [1.165, 1.54) is 0 Å². The SMILES string of the molecule is CN=C(NCC1(C)COC1)NCC(C)(C)N1CCOCC1.I. The fourth-order valence-electron chi connectivity index (χ4n) is 2.65. The Bertz CT molecular complexity index is 367. The second-order valence-corrected chi connectivity index (χ2v) is 6.99. The van der Waals surface area contributed by atoms with Crippen molar-refractivity contribution < 1.29 is 9.47 Å². The molecule has 2 fully saturated rings. The van der Waals surface area contributed by atoms with Crippen LogP contribution in [0.4, 0.5) is 0 Å². The van der Waals surface area contributed by atoms with Crippen LogP contribution in [0.15, 0.2) is 4.99 Å². The van der Waals surface area contributed by atoms with E-state index in [2.05, 4.69) is 41.3 Å². The monoisotopic (exact) mass is 426 g/mol. The molecular formula is C15H31IN4O2. The minimum atomic E-state index is 0. The van der Waals surface area contributed by atoms with E-state index >= 15 is 0 Å². The normalized spacial score (nSPS) is 22.5. The Morgan fingerprint density at radius 3 is 2.32 bits per heavy atom. The molecule has 0 saturated carbocycles. The molecule has 130 valence electrons. The Hall–Kier alpha value is -0.120. The molecule has 2 saturated heterocycles. The summed E-state index contributed by atoms with van der Waals surface area (Å²) >= 11 is 0. The standard InChI is InChI=1S/C15H30N4O2.HI/c1-14(2,19-5-7-20-8-6-19)9-17-13(16-4)18-10-15(3)11-21-12-15;/h5-12H2,1-4H3,(H2,16,17,18);1H. The number of hydrogen-bond acceptors (Lipinski definition) is 4. The predicted molar refractivity (Wildman–Crippen MR) is 100 cm³/mol. The fourth-order valence-corrected chi connectivity index (χ4v) is 2.65. The van der Waals surface area contributed by atoms with E-state index in [0.29, 0.717) is 0 Å². The molecular weight excluding hydrogens is 395 g/mol. The zero-order valence-electron chi connectivity index (χ0n) is 14.3. The van der Waals surface area contributed by atoms with Crippen molar-refractivity contribution in [3.63, 3.8) is 0 Å². The summed E-state index contributed by atoms with van der Waals surface area (Å²) in [5, 5.41) is 6.85. The summed E-state index contributed by atoms with van der Waals surface area (Å²) in [6, 6.07) is 0. The Kier molecular flexibility index (Phi) is 7.84. The van der Waals surface area contributed by atoms with Crippen molar-refractivity contribution in [1.29, 1.82) is 0 Å². The minimum absolute atomic E-state index is 0. The number of rotatable bonds is 5. The van der Waals surface area contributed by atoms with Crippen LogP contribution in [0.1, 0.15) is 20.8 Å². The van der Waals surface area contributed by atoms with Gasteiger partial charge in [0.25, 0.3) is 0 Å². The van der Waals surface area contributed by atoms with Gasteiger partial charge in [-0.25, -0.2) is 0 Å². The summed E-state index contributed by atoms with van der Waals surface area (Å²) in [4.78, 5) is 6.78. The Balaban J connectivity index is 0.00000242. The summed E-state index contributed by atoms with van der Waals surface area (Å²) < 4.78 is 10.7. The Morgan fingerprint density at radius 2 is 1.82 bits per heavy atom. The van der Waals surface area contributed by atoms with Crippen LogP contribution >= 0.6 is 24.0 Å². The molecule has 2 heterocycles. The van der Waals surface area contributed by atoms with Gasteiger partial charge in [0.15, 0.2) is 5.96 Å². The van der Waals surface area contributed by atoms with Gasteiger partial charge in [0.2, 0.25) is 0 Å². The smallest absolute Gasteiger partial charge is 0.191 e. The van der Waals surface area contributed by atoms with E-state index in [1.54, 1.807) is 0 Å². The number of guanidine groups is 1. The van der Waals surface area contributed by atoms with Crippen LogP contribution in [-0.2, 0) is 9.47 Å². The number of nitrogens with one attached hydrogen (secondary N) is 2. The zero-order chi connectivity index (χ0) is 15.3. The summed E-state index contributed by atoms with van der Waals surface area (Å²) in [6.45, 7) is 13.8. The molecule has 0 aromatic carbocycles. The van der Waals surface area contributed by atoms with E-state index in [-0.39, 0.29) is 34.9 Å². The van der Waals surface area contributed by atoms with Gasteiger partial charge >= 0.3 is 0 Å². The van der Waals surface area contributed by atoms with Crippen LogP contribution in [0, 0.1) is 5.41 Å². The van der Waals surface area contributed by atoms with Crippen LogP contribution < -0.4 is 10.6 Å². The maximum Gasteiger partial charge on any atom is 0.191 e. The van der Waals surface area contributed by atoms with Crippen molar-refractivity contribution in [2.45, 2.75) is 26.3 Å². The zero-order valence-corrected chi connectivity index (χ0v) is 16.6. The predicted octanol–water partition coefficient (Wildman–Crippen LogP) is 0.917. The molecule has 22 heavy (non-hydrogen) atoms. The second-order valence-electron chi connectivity index (χ2n) is 6.99. The molecule has 0 radical (unpaired) electrons. The first kappa shape index (κ1) is 19.9. The molecule has 2 aliphatic rings. The highest BCUT2D eigenvalue weighted by molar-refractivity contribution is 14.0. The minimum Gasteiger partial charge on any atom is -0.380 e. The maximum atomic E-state index is 5.43. The summed E-state index contributed by atoms with van der Waals surface area (Å²) in [5.74, 6) is 0.865. The van der Waals surface area contributed by atoms with Crippen molar-refractivity contribution in [1.82, 2.24) is 15.5 Å². The third-order valence-corrected chi connectivity index (χ3v) is 4.36. The first-order valence-corrected chi connectivity index (χ1v) is 7.80. The van der Waals surface area contributed by atoms with Gasteiger partial charge in [-0.05, 0) is 13.8 Å². The topological polar surface area (TPSA) is 58.1 Å². The molecule has 0 spiro atoms. The maximum absolute atomic E-state index is 5.43. The van der Waals surface area contributed by atoms with E-state index in [4.69, 9.17) is 9.47 Å². The van der Waals surface area contributed by atoms with Crippen molar-refractivity contribution in [2.75, 3.05) is 59.7 Å². The molecule has 0 aromatic heterocycles. The van der Waals surface area contributed by atoms with E-state index in [9.17, 15) is 0 Å². The van der Waals surface area contributed by atoms with Crippen molar-refractivity contribution in [2.24, 2.45) is 10.4 Å². The molecule has 2 rings (SSSR count). The molecule has 7 heteroatoms. The number of aliphatic imine (C=N–C) groups is 1. The van der Waals surface area contributed by atoms with Crippen molar-refractivity contribution in [3.8, 4) is 0 Å². The van der Waals surface area contributed by atoms with Crippen LogP contribution in [0.2, 0.25) is 0 Å². The first-order chi connectivity index (χ1) is 9.95. The summed E-state index contributed by atoms with van der Waals surface area (Å²) in [6.07, 6.45) is 0. The van der Waals surface area contributed by atoms with E-state index in [0.717, 1.165) is 58.6 Å². The van der Waals surface area contributed by atoms with Gasteiger partial charge in [0.1, 0.15) is 0 Å². The van der Waals surface area contributed by atoms with Crippen LogP contribution in [-0.4, -0.2) is 76.1 Å². The molecule has 0 atom stereocenters. The molecule has 0 aliphatic carbocycles. The van der Waals surface area contributed by atoms with E-state index < -0.39 is 0 Å². The lowest BCUT2D eigenvalue weighted by atomic mass is 9.89. The average molecular weight is 426 g/mol. The lowest BCUT2D eigenvalue weighted by molar-refractivity contribution is -0.0971. The van der Waals surface area contributed by atoms with Crippen LogP contribution in [0.25, 0.3) is 0 Å². The number of hydrogen-bond donors (Lipinski definition) is 2. The van der Waals surface area contributed by atoms with Gasteiger partial charge in [0, 0.05) is 44.2 Å². The number of nitrogens with zero attached hydrogens (tertiary/aromatic N) is 2. The third kappa shape index (κ3) is 5.50. The molecule has 2 aliphatic heterocycles.